The largest absolute Gasteiger partial charge is 0.330 e. The van der Waals surface area contributed by atoms with Crippen LogP contribution in [-0.2, 0) is 11.3 Å². The number of hydrogen-bond donors (Lipinski definition) is 1. The van der Waals surface area contributed by atoms with E-state index in [-0.39, 0.29) is 5.91 Å². The molecule has 1 heterocycles. The quantitative estimate of drug-likeness (QED) is 0.552. The van der Waals surface area contributed by atoms with Gasteiger partial charge >= 0.3 is 0 Å². The van der Waals surface area contributed by atoms with Gasteiger partial charge in [0.25, 0.3) is 0 Å². The summed E-state index contributed by atoms with van der Waals surface area (Å²) in [6.45, 7) is 4.89. The molecule has 1 N–H and O–H groups in total. The fourth-order valence-corrected chi connectivity index (χ4v) is 2.61. The number of hydrogen-bond acceptors (Lipinski definition) is 3. The van der Waals surface area contributed by atoms with E-state index >= 15 is 0 Å². The van der Waals surface area contributed by atoms with E-state index in [9.17, 15) is 4.79 Å². The van der Waals surface area contributed by atoms with Crippen molar-refractivity contribution in [2.75, 3.05) is 0 Å². The highest BCUT2D eigenvalue weighted by Crippen LogP contribution is 2.14. The molecular weight excluding hydrogens is 312 g/mol. The van der Waals surface area contributed by atoms with Gasteiger partial charge in [-0.1, -0.05) is 50.2 Å². The molecule has 0 saturated heterocycles. The zero-order valence-corrected chi connectivity index (χ0v) is 14.5. The number of nitrogens with zero attached hydrogens (tertiary/aromatic N) is 3. The Morgan fingerprint density at radius 2 is 1.96 bits per heavy atom. The Balaban J connectivity index is 1.51. The Morgan fingerprint density at radius 1 is 1.20 bits per heavy atom. The fraction of sp³-hybridized carbons (Fsp3) is 0.250. The minimum absolute atomic E-state index is 0.118. The zero-order valence-electron chi connectivity index (χ0n) is 14.5. The van der Waals surface area contributed by atoms with Gasteiger partial charge in [0.05, 0.1) is 23.6 Å². The van der Waals surface area contributed by atoms with E-state index in [1.54, 1.807) is 12.5 Å². The van der Waals surface area contributed by atoms with Gasteiger partial charge in [-0.3, -0.25) is 4.79 Å². The van der Waals surface area contributed by atoms with Crippen LogP contribution in [0.25, 0.3) is 11.0 Å². The third kappa shape index (κ3) is 4.32. The topological polar surface area (TPSA) is 59.3 Å². The van der Waals surface area contributed by atoms with Crippen LogP contribution in [0, 0.1) is 0 Å². The Morgan fingerprint density at radius 3 is 2.72 bits per heavy atom. The standard InChI is InChI=1S/C20H22N4O/c1-15(2)17-9-7-16(8-10-17)13-22-23-20(25)11-12-24-14-21-18-5-3-4-6-19(18)24/h3-10,13-15H,11-12H2,1-2H3,(H,23,25). The number of imidazole rings is 1. The Kier molecular flexibility index (Phi) is 5.23. The minimum atomic E-state index is -0.118. The van der Waals surface area contributed by atoms with E-state index in [4.69, 9.17) is 0 Å². The third-order valence-corrected chi connectivity index (χ3v) is 4.11. The molecule has 3 aromatic rings. The van der Waals surface area contributed by atoms with Crippen molar-refractivity contribution >= 4 is 23.2 Å². The molecule has 5 nitrogen and oxygen atoms in total. The van der Waals surface area contributed by atoms with Crippen molar-refractivity contribution in [3.05, 3.63) is 66.0 Å². The summed E-state index contributed by atoms with van der Waals surface area (Å²) in [4.78, 5) is 16.3. The van der Waals surface area contributed by atoms with Crippen LogP contribution in [-0.4, -0.2) is 21.7 Å². The van der Waals surface area contributed by atoms with Gasteiger partial charge in [-0.2, -0.15) is 5.10 Å². The molecule has 0 bridgehead atoms. The van der Waals surface area contributed by atoms with Gasteiger partial charge < -0.3 is 4.57 Å². The van der Waals surface area contributed by atoms with Crippen molar-refractivity contribution in [3.63, 3.8) is 0 Å². The lowest BCUT2D eigenvalue weighted by molar-refractivity contribution is -0.121. The maximum Gasteiger partial charge on any atom is 0.241 e. The average Bonchev–Trinajstić information content (AvgIpc) is 3.03. The zero-order chi connectivity index (χ0) is 17.6. The molecule has 0 aliphatic rings. The van der Waals surface area contributed by atoms with Gasteiger partial charge in [0.1, 0.15) is 0 Å². The molecule has 0 fully saturated rings. The molecule has 1 amide bonds. The minimum Gasteiger partial charge on any atom is -0.330 e. The predicted molar refractivity (Wildman–Crippen MR) is 101 cm³/mol. The van der Waals surface area contributed by atoms with Crippen molar-refractivity contribution in [1.82, 2.24) is 15.0 Å². The van der Waals surface area contributed by atoms with Crippen LogP contribution in [0.3, 0.4) is 0 Å². The molecule has 0 saturated carbocycles. The fourth-order valence-electron chi connectivity index (χ4n) is 2.61. The van der Waals surface area contributed by atoms with Gasteiger partial charge in [0.15, 0.2) is 0 Å². The highest BCUT2D eigenvalue weighted by molar-refractivity contribution is 5.82. The lowest BCUT2D eigenvalue weighted by atomic mass is 10.0. The number of nitrogens with one attached hydrogen (secondary N) is 1. The molecule has 5 heteroatoms. The SMILES string of the molecule is CC(C)c1ccc(C=NNC(=O)CCn2cnc3ccccc32)cc1. The van der Waals surface area contributed by atoms with Gasteiger partial charge in [-0.15, -0.1) is 0 Å². The first-order valence-electron chi connectivity index (χ1n) is 8.45. The first kappa shape index (κ1) is 16.9. The Hall–Kier alpha value is -2.95. The number of carbonyl (C=O) groups is 1. The second-order valence-corrected chi connectivity index (χ2v) is 6.29. The van der Waals surface area contributed by atoms with Crippen LogP contribution in [0.1, 0.15) is 37.3 Å². The van der Waals surface area contributed by atoms with Crippen LogP contribution in [0.2, 0.25) is 0 Å². The van der Waals surface area contributed by atoms with Crippen LogP contribution in [0.4, 0.5) is 0 Å². The molecule has 128 valence electrons. The maximum atomic E-state index is 11.9. The van der Waals surface area contributed by atoms with Crippen molar-refractivity contribution < 1.29 is 4.79 Å². The number of rotatable bonds is 6. The summed E-state index contributed by atoms with van der Waals surface area (Å²) in [6, 6.07) is 16.0. The van der Waals surface area contributed by atoms with E-state index in [0.29, 0.717) is 18.9 Å². The van der Waals surface area contributed by atoms with E-state index < -0.39 is 0 Å². The van der Waals surface area contributed by atoms with Gasteiger partial charge in [-0.25, -0.2) is 10.4 Å². The summed E-state index contributed by atoms with van der Waals surface area (Å²) < 4.78 is 1.98. The van der Waals surface area contributed by atoms with E-state index in [1.165, 1.54) is 5.56 Å². The second kappa shape index (κ2) is 7.75. The molecule has 0 aliphatic heterocycles. The first-order valence-corrected chi connectivity index (χ1v) is 8.45. The summed E-state index contributed by atoms with van der Waals surface area (Å²) in [5, 5.41) is 4.03. The molecular formula is C20H22N4O. The summed E-state index contributed by atoms with van der Waals surface area (Å²) in [7, 11) is 0. The monoisotopic (exact) mass is 334 g/mol. The van der Waals surface area contributed by atoms with Crippen LogP contribution in [0.15, 0.2) is 60.0 Å². The summed E-state index contributed by atoms with van der Waals surface area (Å²) in [5.41, 5.74) is 6.79. The molecule has 25 heavy (non-hydrogen) atoms. The molecule has 0 aliphatic carbocycles. The third-order valence-electron chi connectivity index (χ3n) is 4.11. The molecule has 0 radical (unpaired) electrons. The van der Waals surface area contributed by atoms with Crippen LogP contribution < -0.4 is 5.43 Å². The molecule has 0 spiro atoms. The van der Waals surface area contributed by atoms with Crippen LogP contribution >= 0.6 is 0 Å². The van der Waals surface area contributed by atoms with Gasteiger partial charge in [0.2, 0.25) is 5.91 Å². The highest BCUT2D eigenvalue weighted by atomic mass is 16.2. The summed E-state index contributed by atoms with van der Waals surface area (Å²) in [5.74, 6) is 0.387. The maximum absolute atomic E-state index is 11.9. The molecule has 1 aromatic heterocycles. The van der Waals surface area contributed by atoms with Crippen molar-refractivity contribution in [2.24, 2.45) is 5.10 Å². The number of benzene rings is 2. The number of aromatic nitrogens is 2. The number of hydrazone groups is 1. The molecule has 0 unspecified atom stereocenters. The summed E-state index contributed by atoms with van der Waals surface area (Å²) >= 11 is 0. The number of fused-ring (bicyclic) bond motifs is 1. The second-order valence-electron chi connectivity index (χ2n) is 6.29. The van der Waals surface area contributed by atoms with Crippen molar-refractivity contribution in [3.8, 4) is 0 Å². The molecule has 0 atom stereocenters. The van der Waals surface area contributed by atoms with Gasteiger partial charge in [-0.05, 0) is 29.2 Å². The smallest absolute Gasteiger partial charge is 0.241 e. The molecule has 2 aromatic carbocycles. The summed E-state index contributed by atoms with van der Waals surface area (Å²) in [6.07, 6.45) is 3.77. The Labute approximate surface area is 147 Å². The number of carbonyl (C=O) groups excluding carboxylic acids is 1. The van der Waals surface area contributed by atoms with E-state index in [2.05, 4.69) is 41.5 Å². The predicted octanol–water partition coefficient (Wildman–Crippen LogP) is 3.70. The number of para-hydroxylation sites is 2. The lowest BCUT2D eigenvalue weighted by Gasteiger charge is -2.05. The Bertz CT molecular complexity index is 878. The normalized spacial score (nSPS) is 11.5. The van der Waals surface area contributed by atoms with Crippen molar-refractivity contribution in [2.45, 2.75) is 32.7 Å². The number of aryl methyl sites for hydroxylation is 1. The first-order chi connectivity index (χ1) is 12.1. The van der Waals surface area contributed by atoms with Crippen LogP contribution in [0.5, 0.6) is 0 Å². The lowest BCUT2D eigenvalue weighted by Crippen LogP contribution is -2.19. The van der Waals surface area contributed by atoms with E-state index in [0.717, 1.165) is 16.6 Å². The van der Waals surface area contributed by atoms with E-state index in [1.807, 2.05) is 41.0 Å². The number of amides is 1. The molecule has 3 rings (SSSR count). The van der Waals surface area contributed by atoms with Crippen molar-refractivity contribution in [1.29, 1.82) is 0 Å². The van der Waals surface area contributed by atoms with Gasteiger partial charge in [0, 0.05) is 13.0 Å². The highest BCUT2D eigenvalue weighted by Gasteiger charge is 2.04. The average molecular weight is 334 g/mol.